The van der Waals surface area contributed by atoms with E-state index in [1.807, 2.05) is 6.07 Å². The summed E-state index contributed by atoms with van der Waals surface area (Å²) in [7, 11) is -3.61. The summed E-state index contributed by atoms with van der Waals surface area (Å²) >= 11 is 0. The van der Waals surface area contributed by atoms with Crippen LogP contribution in [0.2, 0.25) is 0 Å². The fourth-order valence-corrected chi connectivity index (χ4v) is 3.48. The molecule has 0 radical (unpaired) electrons. The zero-order valence-corrected chi connectivity index (χ0v) is 9.37. The second-order valence-corrected chi connectivity index (χ2v) is 5.54. The van der Waals surface area contributed by atoms with Crippen molar-refractivity contribution in [2.45, 2.75) is 37.5 Å². The maximum atomic E-state index is 11.9. The van der Waals surface area contributed by atoms with E-state index >= 15 is 0 Å². The molecule has 0 spiro atoms. The van der Waals surface area contributed by atoms with Crippen LogP contribution in [0.5, 0.6) is 0 Å². The Bertz CT molecular complexity index is 404. The van der Waals surface area contributed by atoms with Gasteiger partial charge in [-0.15, -0.1) is 0 Å². The number of nitrogens with zero attached hydrogens (tertiary/aromatic N) is 3. The van der Waals surface area contributed by atoms with Crippen molar-refractivity contribution in [1.29, 1.82) is 10.5 Å². The molecule has 1 rings (SSSR count). The third kappa shape index (κ3) is 2.11. The Hall–Kier alpha value is -1.11. The van der Waals surface area contributed by atoms with Crippen LogP contribution in [-0.4, -0.2) is 30.6 Å². The molecule has 0 N–H and O–H groups in total. The first-order valence-corrected chi connectivity index (χ1v) is 6.38. The minimum atomic E-state index is -3.61. The van der Waals surface area contributed by atoms with Gasteiger partial charge < -0.3 is 0 Å². The van der Waals surface area contributed by atoms with Gasteiger partial charge in [0, 0.05) is 6.54 Å². The smallest absolute Gasteiger partial charge is 0.211 e. The van der Waals surface area contributed by atoms with E-state index < -0.39 is 21.3 Å². The summed E-state index contributed by atoms with van der Waals surface area (Å²) in [6.07, 6.45) is 1.52. The molecule has 82 valence electrons. The predicted molar refractivity (Wildman–Crippen MR) is 54.0 cm³/mol. The van der Waals surface area contributed by atoms with Gasteiger partial charge in [-0.2, -0.15) is 14.8 Å². The number of hydrogen-bond donors (Lipinski definition) is 0. The van der Waals surface area contributed by atoms with Crippen LogP contribution < -0.4 is 0 Å². The fraction of sp³-hybridized carbons (Fsp3) is 0.778. The van der Waals surface area contributed by atoms with Crippen molar-refractivity contribution in [2.24, 2.45) is 0 Å². The summed E-state index contributed by atoms with van der Waals surface area (Å²) in [6, 6.07) is 3.15. The maximum absolute atomic E-state index is 11.9. The second kappa shape index (κ2) is 4.61. The normalized spacial score (nSPS) is 24.3. The molecule has 1 aliphatic heterocycles. The van der Waals surface area contributed by atoms with E-state index in [-0.39, 0.29) is 6.42 Å². The van der Waals surface area contributed by atoms with Crippen LogP contribution in [0, 0.1) is 22.7 Å². The Morgan fingerprint density at radius 3 is 2.67 bits per heavy atom. The first-order chi connectivity index (χ1) is 7.07. The molecule has 2 atom stereocenters. The lowest BCUT2D eigenvalue weighted by Gasteiger charge is -2.21. The summed E-state index contributed by atoms with van der Waals surface area (Å²) in [5.41, 5.74) is 0. The van der Waals surface area contributed by atoms with E-state index in [0.29, 0.717) is 19.4 Å². The first-order valence-electron chi connectivity index (χ1n) is 4.87. The summed E-state index contributed by atoms with van der Waals surface area (Å²) < 4.78 is 25.0. The molecule has 1 fully saturated rings. The minimum Gasteiger partial charge on any atom is -0.211 e. The number of sulfonamides is 1. The average Bonchev–Trinajstić information content (AvgIpc) is 2.67. The molecule has 5 nitrogen and oxygen atoms in total. The van der Waals surface area contributed by atoms with Gasteiger partial charge in [-0.05, 0) is 19.3 Å². The van der Waals surface area contributed by atoms with E-state index in [1.165, 1.54) is 4.31 Å². The minimum absolute atomic E-state index is 0.257. The van der Waals surface area contributed by atoms with Gasteiger partial charge in [-0.1, -0.05) is 6.92 Å². The molecule has 15 heavy (non-hydrogen) atoms. The van der Waals surface area contributed by atoms with Crippen molar-refractivity contribution < 1.29 is 8.42 Å². The third-order valence-electron chi connectivity index (χ3n) is 2.55. The standard InChI is InChI=1S/C9H13N3O2S/c1-2-9(7-11)15(13,14)12-5-3-4-8(12)6-10/h8-9H,2-5H2,1H3. The molecule has 0 aliphatic carbocycles. The summed E-state index contributed by atoms with van der Waals surface area (Å²) in [4.78, 5) is 0. The van der Waals surface area contributed by atoms with Crippen LogP contribution in [0.1, 0.15) is 26.2 Å². The number of nitriles is 2. The molecule has 6 heteroatoms. The van der Waals surface area contributed by atoms with Gasteiger partial charge in [0.15, 0.2) is 5.25 Å². The van der Waals surface area contributed by atoms with Crippen molar-refractivity contribution in [3.05, 3.63) is 0 Å². The van der Waals surface area contributed by atoms with Gasteiger partial charge in [0.05, 0.1) is 12.1 Å². The van der Waals surface area contributed by atoms with E-state index in [9.17, 15) is 8.42 Å². The van der Waals surface area contributed by atoms with Crippen LogP contribution in [0.15, 0.2) is 0 Å². The van der Waals surface area contributed by atoms with Crippen LogP contribution >= 0.6 is 0 Å². The monoisotopic (exact) mass is 227 g/mol. The lowest BCUT2D eigenvalue weighted by atomic mass is 10.2. The topological polar surface area (TPSA) is 85.0 Å². The summed E-state index contributed by atoms with van der Waals surface area (Å²) in [6.45, 7) is 2.02. The van der Waals surface area contributed by atoms with Crippen molar-refractivity contribution in [1.82, 2.24) is 4.31 Å². The van der Waals surface area contributed by atoms with Gasteiger partial charge in [0.1, 0.15) is 6.04 Å². The molecule has 0 aromatic carbocycles. The van der Waals surface area contributed by atoms with Gasteiger partial charge in [-0.25, -0.2) is 8.42 Å². The molecule has 0 bridgehead atoms. The molecule has 0 aromatic heterocycles. The van der Waals surface area contributed by atoms with Gasteiger partial charge >= 0.3 is 0 Å². The second-order valence-electron chi connectivity index (χ2n) is 3.47. The Balaban J connectivity index is 2.97. The summed E-state index contributed by atoms with van der Waals surface area (Å²) in [5.74, 6) is 0. The van der Waals surface area contributed by atoms with Crippen molar-refractivity contribution in [2.75, 3.05) is 6.54 Å². The zero-order chi connectivity index (χ0) is 11.5. The SMILES string of the molecule is CCC(C#N)S(=O)(=O)N1CCCC1C#N. The van der Waals surface area contributed by atoms with Gasteiger partial charge in [0.25, 0.3) is 0 Å². The molecule has 1 heterocycles. The van der Waals surface area contributed by atoms with Crippen LogP contribution in [0.3, 0.4) is 0 Å². The van der Waals surface area contributed by atoms with Crippen LogP contribution in [-0.2, 0) is 10.0 Å². The maximum Gasteiger partial charge on any atom is 0.231 e. The fourth-order valence-electron chi connectivity index (χ4n) is 1.71. The highest BCUT2D eigenvalue weighted by Crippen LogP contribution is 2.23. The van der Waals surface area contributed by atoms with Gasteiger partial charge in [0.2, 0.25) is 10.0 Å². The molecule has 0 saturated carbocycles. The molecular weight excluding hydrogens is 214 g/mol. The highest BCUT2D eigenvalue weighted by Gasteiger charge is 2.38. The Kier molecular flexibility index (Phi) is 3.67. The lowest BCUT2D eigenvalue weighted by Crippen LogP contribution is -2.40. The van der Waals surface area contributed by atoms with E-state index in [2.05, 4.69) is 0 Å². The Morgan fingerprint density at radius 2 is 2.20 bits per heavy atom. The molecule has 2 unspecified atom stereocenters. The predicted octanol–water partition coefficient (Wildman–Crippen LogP) is 0.606. The largest absolute Gasteiger partial charge is 0.231 e. The Labute approximate surface area is 90.0 Å². The quantitative estimate of drug-likeness (QED) is 0.706. The van der Waals surface area contributed by atoms with Crippen LogP contribution in [0.25, 0.3) is 0 Å². The van der Waals surface area contributed by atoms with Crippen molar-refractivity contribution in [3.8, 4) is 12.1 Å². The van der Waals surface area contributed by atoms with E-state index in [1.54, 1.807) is 13.0 Å². The molecule has 0 amide bonds. The zero-order valence-electron chi connectivity index (χ0n) is 8.55. The molecule has 0 aromatic rings. The Morgan fingerprint density at radius 1 is 1.53 bits per heavy atom. The summed E-state index contributed by atoms with van der Waals surface area (Å²) in [5, 5.41) is 16.5. The number of hydrogen-bond acceptors (Lipinski definition) is 4. The van der Waals surface area contributed by atoms with Gasteiger partial charge in [-0.3, -0.25) is 0 Å². The molecular formula is C9H13N3O2S. The van der Waals surface area contributed by atoms with Crippen molar-refractivity contribution in [3.63, 3.8) is 0 Å². The van der Waals surface area contributed by atoms with E-state index in [4.69, 9.17) is 10.5 Å². The average molecular weight is 227 g/mol. The van der Waals surface area contributed by atoms with Crippen molar-refractivity contribution >= 4 is 10.0 Å². The molecule has 1 saturated heterocycles. The first kappa shape index (κ1) is 12.0. The highest BCUT2D eigenvalue weighted by molar-refractivity contribution is 7.90. The number of rotatable bonds is 3. The van der Waals surface area contributed by atoms with E-state index in [0.717, 1.165) is 0 Å². The molecule has 1 aliphatic rings. The lowest BCUT2D eigenvalue weighted by molar-refractivity contribution is 0.432. The highest BCUT2D eigenvalue weighted by atomic mass is 32.2. The third-order valence-corrected chi connectivity index (χ3v) is 4.80. The van der Waals surface area contributed by atoms with Crippen LogP contribution in [0.4, 0.5) is 0 Å².